The van der Waals surface area contributed by atoms with Gasteiger partial charge in [-0.15, -0.1) is 0 Å². The van der Waals surface area contributed by atoms with Crippen molar-refractivity contribution in [1.29, 1.82) is 0 Å². The number of rotatable bonds is 6. The minimum Gasteiger partial charge on any atom is -0.316 e. The molecule has 0 saturated carbocycles. The lowest BCUT2D eigenvalue weighted by Crippen LogP contribution is -2.33. The molecule has 0 aliphatic rings. The molecule has 0 fully saturated rings. The summed E-state index contributed by atoms with van der Waals surface area (Å²) in [6.45, 7) is 4.08. The minimum atomic E-state index is -0.806. The summed E-state index contributed by atoms with van der Waals surface area (Å²) >= 11 is 5.91. The van der Waals surface area contributed by atoms with Crippen LogP contribution in [0.2, 0.25) is 5.02 Å². The van der Waals surface area contributed by atoms with E-state index >= 15 is 0 Å². The van der Waals surface area contributed by atoms with Crippen molar-refractivity contribution in [2.45, 2.75) is 39.5 Å². The molecule has 2 amide bonds. The maximum Gasteiger partial charge on any atom is 0.329 e. The van der Waals surface area contributed by atoms with Gasteiger partial charge in [-0.25, -0.2) is 5.43 Å². The van der Waals surface area contributed by atoms with Crippen molar-refractivity contribution in [3.8, 4) is 0 Å². The Kier molecular flexibility index (Phi) is 7.46. The molecule has 21 heavy (non-hydrogen) atoms. The van der Waals surface area contributed by atoms with Gasteiger partial charge in [-0.05, 0) is 25.0 Å². The van der Waals surface area contributed by atoms with Crippen LogP contribution in [0.1, 0.15) is 39.5 Å². The zero-order chi connectivity index (χ0) is 15.7. The molecule has 2 N–H and O–H groups in total. The number of nitrogens with zero attached hydrogens (tertiary/aromatic N) is 1. The average molecular weight is 310 g/mol. The Hall–Kier alpha value is -1.88. The molecular weight excluding hydrogens is 290 g/mol. The van der Waals surface area contributed by atoms with Gasteiger partial charge in [0.1, 0.15) is 0 Å². The molecule has 0 heterocycles. The van der Waals surface area contributed by atoms with Gasteiger partial charge in [0.05, 0.1) is 10.7 Å². The number of hydrogen-bond donors (Lipinski definition) is 2. The molecule has 5 nitrogen and oxygen atoms in total. The number of para-hydroxylation sites is 1. The minimum absolute atomic E-state index is 0.375. The first kappa shape index (κ1) is 17.2. The fourth-order valence-electron chi connectivity index (χ4n) is 1.74. The van der Waals surface area contributed by atoms with Crippen LogP contribution in [-0.2, 0) is 9.59 Å². The third-order valence-electron chi connectivity index (χ3n) is 2.72. The SMILES string of the molecule is CCCC(CCC)=NNC(=O)C(=O)Nc1ccccc1Cl. The summed E-state index contributed by atoms with van der Waals surface area (Å²) in [5.74, 6) is -1.60. The summed E-state index contributed by atoms with van der Waals surface area (Å²) < 4.78 is 0. The predicted molar refractivity (Wildman–Crippen MR) is 85.5 cm³/mol. The van der Waals surface area contributed by atoms with Crippen LogP contribution < -0.4 is 10.7 Å². The van der Waals surface area contributed by atoms with Crippen molar-refractivity contribution in [3.63, 3.8) is 0 Å². The zero-order valence-corrected chi connectivity index (χ0v) is 13.0. The number of halogens is 1. The smallest absolute Gasteiger partial charge is 0.316 e. The van der Waals surface area contributed by atoms with E-state index in [1.807, 2.05) is 13.8 Å². The lowest BCUT2D eigenvalue weighted by molar-refractivity contribution is -0.136. The third-order valence-corrected chi connectivity index (χ3v) is 3.05. The van der Waals surface area contributed by atoms with Crippen molar-refractivity contribution in [2.24, 2.45) is 5.10 Å². The molecule has 1 rings (SSSR count). The molecule has 6 heteroatoms. The first-order valence-electron chi connectivity index (χ1n) is 6.99. The quantitative estimate of drug-likeness (QED) is 0.480. The number of carbonyl (C=O) groups excluding carboxylic acids is 2. The van der Waals surface area contributed by atoms with Gasteiger partial charge >= 0.3 is 11.8 Å². The maximum absolute atomic E-state index is 11.7. The molecule has 114 valence electrons. The molecule has 0 aromatic heterocycles. The maximum atomic E-state index is 11.7. The highest BCUT2D eigenvalue weighted by atomic mass is 35.5. The van der Waals surface area contributed by atoms with Crippen LogP contribution in [0.4, 0.5) is 5.69 Å². The fraction of sp³-hybridized carbons (Fsp3) is 0.400. The number of amides is 2. The van der Waals surface area contributed by atoms with Crippen LogP contribution >= 0.6 is 11.6 Å². The Labute approximate surface area is 129 Å². The van der Waals surface area contributed by atoms with Crippen LogP contribution in [0.5, 0.6) is 0 Å². The summed E-state index contributed by atoms with van der Waals surface area (Å²) in [7, 11) is 0. The molecule has 0 spiro atoms. The van der Waals surface area contributed by atoms with Gasteiger partial charge in [-0.2, -0.15) is 5.10 Å². The van der Waals surface area contributed by atoms with E-state index in [-0.39, 0.29) is 0 Å². The van der Waals surface area contributed by atoms with Crippen LogP contribution in [0.3, 0.4) is 0 Å². The second kappa shape index (κ2) is 9.13. The van der Waals surface area contributed by atoms with Crippen molar-refractivity contribution < 1.29 is 9.59 Å². The van der Waals surface area contributed by atoms with E-state index in [2.05, 4.69) is 15.8 Å². The van der Waals surface area contributed by atoms with Crippen LogP contribution in [0, 0.1) is 0 Å². The summed E-state index contributed by atoms with van der Waals surface area (Å²) in [6, 6.07) is 6.71. The van der Waals surface area contributed by atoms with E-state index in [0.29, 0.717) is 10.7 Å². The molecule has 0 saturated heterocycles. The predicted octanol–water partition coefficient (Wildman–Crippen LogP) is 3.35. The Morgan fingerprint density at radius 1 is 1.10 bits per heavy atom. The van der Waals surface area contributed by atoms with E-state index in [0.717, 1.165) is 31.4 Å². The van der Waals surface area contributed by atoms with Gasteiger partial charge in [0.25, 0.3) is 0 Å². The van der Waals surface area contributed by atoms with E-state index in [1.165, 1.54) is 0 Å². The fourth-order valence-corrected chi connectivity index (χ4v) is 1.92. The molecule has 0 aliphatic carbocycles. The summed E-state index contributed by atoms with van der Waals surface area (Å²) in [5, 5.41) is 6.83. The molecular formula is C15H20ClN3O2. The molecule has 0 radical (unpaired) electrons. The lowest BCUT2D eigenvalue weighted by atomic mass is 10.1. The van der Waals surface area contributed by atoms with Crippen molar-refractivity contribution >= 4 is 34.8 Å². The number of anilines is 1. The topological polar surface area (TPSA) is 70.6 Å². The molecule has 1 aromatic rings. The van der Waals surface area contributed by atoms with Gasteiger partial charge in [-0.3, -0.25) is 9.59 Å². The van der Waals surface area contributed by atoms with E-state index < -0.39 is 11.8 Å². The number of benzene rings is 1. The summed E-state index contributed by atoms with van der Waals surface area (Å²) in [5.41, 5.74) is 3.57. The molecule has 0 aliphatic heterocycles. The second-order valence-corrected chi connectivity index (χ2v) is 4.96. The number of nitrogens with one attached hydrogen (secondary N) is 2. The Morgan fingerprint density at radius 3 is 2.29 bits per heavy atom. The van der Waals surface area contributed by atoms with Gasteiger partial charge in [0.15, 0.2) is 0 Å². The Bertz CT molecular complexity index is 521. The molecule has 0 atom stereocenters. The van der Waals surface area contributed by atoms with Crippen molar-refractivity contribution in [1.82, 2.24) is 5.43 Å². The molecule has 1 aromatic carbocycles. The van der Waals surface area contributed by atoms with Crippen LogP contribution in [0.25, 0.3) is 0 Å². The van der Waals surface area contributed by atoms with Crippen molar-refractivity contribution in [2.75, 3.05) is 5.32 Å². The van der Waals surface area contributed by atoms with Gasteiger partial charge < -0.3 is 5.32 Å². The number of carbonyl (C=O) groups is 2. The van der Waals surface area contributed by atoms with E-state index in [4.69, 9.17) is 11.6 Å². The van der Waals surface area contributed by atoms with Gasteiger partial charge in [-0.1, -0.05) is 50.4 Å². The van der Waals surface area contributed by atoms with Gasteiger partial charge in [0, 0.05) is 5.71 Å². The van der Waals surface area contributed by atoms with Crippen LogP contribution in [0.15, 0.2) is 29.4 Å². The Morgan fingerprint density at radius 2 is 1.71 bits per heavy atom. The normalized spacial score (nSPS) is 9.86. The largest absolute Gasteiger partial charge is 0.329 e. The van der Waals surface area contributed by atoms with E-state index in [1.54, 1.807) is 24.3 Å². The highest BCUT2D eigenvalue weighted by Gasteiger charge is 2.14. The summed E-state index contributed by atoms with van der Waals surface area (Å²) in [4.78, 5) is 23.4. The first-order chi connectivity index (χ1) is 10.1. The average Bonchev–Trinajstić information content (AvgIpc) is 2.47. The number of hydrazone groups is 1. The molecule has 0 unspecified atom stereocenters. The zero-order valence-electron chi connectivity index (χ0n) is 12.3. The standard InChI is InChI=1S/C15H20ClN3O2/c1-3-7-11(8-4-2)18-19-15(21)14(20)17-13-10-6-5-9-12(13)16/h5-6,9-10H,3-4,7-8H2,1-2H3,(H,17,20)(H,19,21). The monoisotopic (exact) mass is 309 g/mol. The highest BCUT2D eigenvalue weighted by molar-refractivity contribution is 6.41. The lowest BCUT2D eigenvalue weighted by Gasteiger charge is -2.07. The van der Waals surface area contributed by atoms with E-state index in [9.17, 15) is 9.59 Å². The first-order valence-corrected chi connectivity index (χ1v) is 7.37. The molecule has 0 bridgehead atoms. The third kappa shape index (κ3) is 5.95. The summed E-state index contributed by atoms with van der Waals surface area (Å²) in [6.07, 6.45) is 3.50. The van der Waals surface area contributed by atoms with Crippen LogP contribution in [-0.4, -0.2) is 17.5 Å². The van der Waals surface area contributed by atoms with Crippen molar-refractivity contribution in [3.05, 3.63) is 29.3 Å². The van der Waals surface area contributed by atoms with Gasteiger partial charge in [0.2, 0.25) is 0 Å². The second-order valence-electron chi connectivity index (χ2n) is 4.55. The Balaban J connectivity index is 2.60. The number of hydrogen-bond acceptors (Lipinski definition) is 3. The highest BCUT2D eigenvalue weighted by Crippen LogP contribution is 2.20.